The van der Waals surface area contributed by atoms with E-state index in [2.05, 4.69) is 19.1 Å². The zero-order valence-corrected chi connectivity index (χ0v) is 16.5. The fourth-order valence-corrected chi connectivity index (χ4v) is 5.41. The van der Waals surface area contributed by atoms with Gasteiger partial charge in [-0.1, -0.05) is 35.9 Å². The van der Waals surface area contributed by atoms with E-state index in [1.165, 1.54) is 16.7 Å². The lowest BCUT2D eigenvalue weighted by Crippen LogP contribution is -2.55. The van der Waals surface area contributed by atoms with Crippen LogP contribution in [0.4, 0.5) is 0 Å². The van der Waals surface area contributed by atoms with Crippen LogP contribution in [0.5, 0.6) is 0 Å². The first kappa shape index (κ1) is 18.7. The maximum absolute atomic E-state index is 12.6. The lowest BCUT2D eigenvalue weighted by atomic mass is 9.77. The summed E-state index contributed by atoms with van der Waals surface area (Å²) in [6.45, 7) is 6.14. The minimum atomic E-state index is -0.638. The fraction of sp³-hybridized carbons (Fsp3) is 0.609. The summed E-state index contributed by atoms with van der Waals surface area (Å²) in [5.74, 6) is -0.0260. The van der Waals surface area contributed by atoms with Crippen molar-refractivity contribution in [2.75, 3.05) is 0 Å². The summed E-state index contributed by atoms with van der Waals surface area (Å²) in [5, 5.41) is 10.7. The predicted octanol–water partition coefficient (Wildman–Crippen LogP) is 3.96. The quantitative estimate of drug-likeness (QED) is 0.630. The number of esters is 1. The molecule has 0 amide bonds. The van der Waals surface area contributed by atoms with Gasteiger partial charge >= 0.3 is 5.97 Å². The highest BCUT2D eigenvalue weighted by Gasteiger charge is 2.65. The highest BCUT2D eigenvalue weighted by Crippen LogP contribution is 2.58. The molecule has 2 saturated heterocycles. The van der Waals surface area contributed by atoms with E-state index in [9.17, 15) is 9.90 Å². The number of carbonyl (C=O) groups excluding carboxylic acids is 1. The van der Waals surface area contributed by atoms with E-state index in [1.807, 2.05) is 32.0 Å². The van der Waals surface area contributed by atoms with E-state index < -0.39 is 17.3 Å². The second kappa shape index (κ2) is 6.75. The fourth-order valence-electron chi connectivity index (χ4n) is 5.41. The Kier molecular flexibility index (Phi) is 4.68. The lowest BCUT2D eigenvalue weighted by Gasteiger charge is -2.47. The number of carbonyl (C=O) groups is 1. The number of aryl methyl sites for hydroxylation is 1. The third-order valence-electron chi connectivity index (χ3n) is 6.86. The molecule has 1 aromatic carbocycles. The summed E-state index contributed by atoms with van der Waals surface area (Å²) in [6, 6.07) is 10.2. The van der Waals surface area contributed by atoms with Crippen molar-refractivity contribution in [1.82, 2.24) is 0 Å². The number of benzene rings is 1. The average Bonchev–Trinajstić information content (AvgIpc) is 3.10. The first-order valence-electron chi connectivity index (χ1n) is 10.1. The molecule has 5 atom stereocenters. The summed E-state index contributed by atoms with van der Waals surface area (Å²) < 4.78 is 12.4. The second-order valence-corrected chi connectivity index (χ2v) is 8.85. The topological polar surface area (TPSA) is 55.8 Å². The normalized spacial score (nSPS) is 37.4. The Morgan fingerprint density at radius 1 is 1.30 bits per heavy atom. The van der Waals surface area contributed by atoms with Gasteiger partial charge in [-0.25, -0.2) is 0 Å². The van der Waals surface area contributed by atoms with E-state index in [0.29, 0.717) is 12.8 Å². The zero-order valence-electron chi connectivity index (χ0n) is 16.5. The van der Waals surface area contributed by atoms with Crippen LogP contribution in [0.2, 0.25) is 0 Å². The van der Waals surface area contributed by atoms with Gasteiger partial charge in [0, 0.05) is 18.8 Å². The second-order valence-electron chi connectivity index (χ2n) is 8.85. The van der Waals surface area contributed by atoms with Gasteiger partial charge in [0.05, 0.1) is 11.7 Å². The Balaban J connectivity index is 1.46. The number of ether oxygens (including phenoxy) is 2. The third kappa shape index (κ3) is 3.13. The molecular formula is C23H30O4. The standard InChI is InChI=1S/C23H30O4/c1-15-12-13-17-20(15)21(22(2)14-18(24)23(17,3)27-22)26-19(25)11-7-10-16-8-5-4-6-9-16/h4-6,8-9,17-18,21,24H,7,10-14H2,1-3H3. The number of hydrogen-bond acceptors (Lipinski definition) is 4. The van der Waals surface area contributed by atoms with Crippen molar-refractivity contribution in [2.45, 2.75) is 82.7 Å². The van der Waals surface area contributed by atoms with Gasteiger partial charge in [0.15, 0.2) is 6.10 Å². The van der Waals surface area contributed by atoms with Crippen LogP contribution in [0, 0.1) is 5.92 Å². The SMILES string of the molecule is CC1=C2C(OC(=O)CCCc3ccccc3)C3(C)CC(O)C(C)(O3)C2CC1. The molecule has 2 aliphatic heterocycles. The number of allylic oxidation sites excluding steroid dienone is 1. The lowest BCUT2D eigenvalue weighted by molar-refractivity contribution is -0.203. The van der Waals surface area contributed by atoms with Crippen molar-refractivity contribution in [3.05, 3.63) is 47.0 Å². The Morgan fingerprint density at radius 3 is 2.78 bits per heavy atom. The first-order chi connectivity index (χ1) is 12.8. The maximum Gasteiger partial charge on any atom is 0.306 e. The smallest absolute Gasteiger partial charge is 0.306 e. The number of aliphatic hydroxyl groups is 1. The monoisotopic (exact) mass is 370 g/mol. The van der Waals surface area contributed by atoms with E-state index in [4.69, 9.17) is 9.47 Å². The van der Waals surface area contributed by atoms with Crippen LogP contribution in [0.1, 0.15) is 58.4 Å². The molecule has 2 bridgehead atoms. The molecule has 5 unspecified atom stereocenters. The van der Waals surface area contributed by atoms with Gasteiger partial charge in [-0.2, -0.15) is 0 Å². The van der Waals surface area contributed by atoms with Crippen molar-refractivity contribution in [3.63, 3.8) is 0 Å². The molecular weight excluding hydrogens is 340 g/mol. The molecule has 0 spiro atoms. The Hall–Kier alpha value is -1.65. The van der Waals surface area contributed by atoms with Crippen LogP contribution in [-0.2, 0) is 20.7 Å². The van der Waals surface area contributed by atoms with Crippen molar-refractivity contribution in [3.8, 4) is 0 Å². The predicted molar refractivity (Wildman–Crippen MR) is 103 cm³/mol. The van der Waals surface area contributed by atoms with Gasteiger partial charge in [-0.05, 0) is 57.6 Å². The molecule has 0 aromatic heterocycles. The van der Waals surface area contributed by atoms with Crippen LogP contribution in [0.3, 0.4) is 0 Å². The van der Waals surface area contributed by atoms with E-state index in [-0.39, 0.29) is 18.0 Å². The molecule has 2 heterocycles. The van der Waals surface area contributed by atoms with Crippen LogP contribution in [0.25, 0.3) is 0 Å². The highest BCUT2D eigenvalue weighted by atomic mass is 16.6. The summed E-state index contributed by atoms with van der Waals surface area (Å²) in [4.78, 5) is 12.6. The van der Waals surface area contributed by atoms with Crippen LogP contribution < -0.4 is 0 Å². The number of aliphatic hydroxyl groups excluding tert-OH is 1. The van der Waals surface area contributed by atoms with Crippen molar-refractivity contribution in [1.29, 1.82) is 0 Å². The maximum atomic E-state index is 12.6. The van der Waals surface area contributed by atoms with Crippen molar-refractivity contribution >= 4 is 5.97 Å². The molecule has 2 fully saturated rings. The molecule has 4 heteroatoms. The van der Waals surface area contributed by atoms with Gasteiger partial charge in [0.25, 0.3) is 0 Å². The van der Waals surface area contributed by atoms with Gasteiger partial charge in [0.2, 0.25) is 0 Å². The minimum Gasteiger partial charge on any atom is -0.455 e. The molecule has 0 saturated carbocycles. The average molecular weight is 370 g/mol. The number of fused-ring (bicyclic) bond motifs is 4. The Morgan fingerprint density at radius 2 is 2.04 bits per heavy atom. The third-order valence-corrected chi connectivity index (χ3v) is 6.86. The molecule has 4 nitrogen and oxygen atoms in total. The first-order valence-corrected chi connectivity index (χ1v) is 10.1. The molecule has 146 valence electrons. The van der Waals surface area contributed by atoms with Crippen molar-refractivity contribution in [2.24, 2.45) is 5.92 Å². The van der Waals surface area contributed by atoms with E-state index in [1.54, 1.807) is 0 Å². The van der Waals surface area contributed by atoms with E-state index >= 15 is 0 Å². The van der Waals surface area contributed by atoms with Crippen LogP contribution >= 0.6 is 0 Å². The van der Waals surface area contributed by atoms with Crippen LogP contribution in [0.15, 0.2) is 41.5 Å². The van der Waals surface area contributed by atoms with E-state index in [0.717, 1.165) is 25.7 Å². The van der Waals surface area contributed by atoms with Crippen molar-refractivity contribution < 1.29 is 19.4 Å². The molecule has 1 N–H and O–H groups in total. The molecule has 1 aromatic rings. The number of rotatable bonds is 5. The molecule has 1 aliphatic carbocycles. The molecule has 27 heavy (non-hydrogen) atoms. The summed E-state index contributed by atoms with van der Waals surface area (Å²) >= 11 is 0. The Bertz CT molecular complexity index is 755. The summed E-state index contributed by atoms with van der Waals surface area (Å²) in [5.41, 5.74) is 2.55. The van der Waals surface area contributed by atoms with Gasteiger partial charge in [0.1, 0.15) is 5.60 Å². The Labute approximate surface area is 161 Å². The largest absolute Gasteiger partial charge is 0.455 e. The molecule has 3 aliphatic rings. The molecule has 0 radical (unpaired) electrons. The summed E-state index contributed by atoms with van der Waals surface area (Å²) in [6.07, 6.45) is 3.62. The summed E-state index contributed by atoms with van der Waals surface area (Å²) in [7, 11) is 0. The molecule has 4 rings (SSSR count). The van der Waals surface area contributed by atoms with Crippen LogP contribution in [-0.4, -0.2) is 34.5 Å². The van der Waals surface area contributed by atoms with Gasteiger partial charge < -0.3 is 14.6 Å². The minimum absolute atomic E-state index is 0.144. The zero-order chi connectivity index (χ0) is 19.2. The van der Waals surface area contributed by atoms with Gasteiger partial charge in [-0.3, -0.25) is 4.79 Å². The van der Waals surface area contributed by atoms with Gasteiger partial charge in [-0.15, -0.1) is 0 Å². The number of hydrogen-bond donors (Lipinski definition) is 1. The highest BCUT2D eigenvalue weighted by molar-refractivity contribution is 5.70.